The van der Waals surface area contributed by atoms with Gasteiger partial charge in [0.25, 0.3) is 0 Å². The van der Waals surface area contributed by atoms with E-state index in [1.54, 1.807) is 6.92 Å². The average Bonchev–Trinajstić information content (AvgIpc) is 2.44. The third-order valence-electron chi connectivity index (χ3n) is 5.96. The average molecular weight is 323 g/mol. The van der Waals surface area contributed by atoms with E-state index in [0.29, 0.717) is 17.4 Å². The van der Waals surface area contributed by atoms with Crippen LogP contribution in [0.5, 0.6) is 0 Å². The number of hydrogen-bond donors (Lipinski definition) is 1. The van der Waals surface area contributed by atoms with E-state index in [2.05, 4.69) is 4.72 Å². The van der Waals surface area contributed by atoms with Gasteiger partial charge in [0, 0.05) is 6.04 Å². The second-order valence-electron chi connectivity index (χ2n) is 7.49. The molecule has 1 aromatic carbocycles. The number of nitrogens with one attached hydrogen (secondary N) is 1. The largest absolute Gasteiger partial charge is 0.241 e. The second kappa shape index (κ2) is 5.03. The van der Waals surface area contributed by atoms with Gasteiger partial charge in [-0.05, 0) is 80.4 Å². The zero-order chi connectivity index (χ0) is 15.5. The van der Waals surface area contributed by atoms with Crippen LogP contribution >= 0.6 is 0 Å². The molecular weight excluding hydrogens is 301 g/mol. The van der Waals surface area contributed by atoms with Gasteiger partial charge in [-0.15, -0.1) is 0 Å². The molecule has 0 aliphatic heterocycles. The van der Waals surface area contributed by atoms with E-state index in [9.17, 15) is 12.8 Å². The second-order valence-corrected chi connectivity index (χ2v) is 9.17. The van der Waals surface area contributed by atoms with E-state index < -0.39 is 15.8 Å². The highest BCUT2D eigenvalue weighted by atomic mass is 32.2. The first kappa shape index (κ1) is 14.6. The Kier molecular flexibility index (Phi) is 3.35. The molecule has 3 nitrogen and oxygen atoms in total. The van der Waals surface area contributed by atoms with Crippen LogP contribution in [0, 0.1) is 36.4 Å². The van der Waals surface area contributed by atoms with Gasteiger partial charge in [0.15, 0.2) is 0 Å². The smallest absolute Gasteiger partial charge is 0.208 e. The Labute approximate surface area is 131 Å². The van der Waals surface area contributed by atoms with Crippen molar-refractivity contribution in [3.05, 3.63) is 29.6 Å². The van der Waals surface area contributed by atoms with E-state index >= 15 is 0 Å². The Morgan fingerprint density at radius 2 is 1.64 bits per heavy atom. The van der Waals surface area contributed by atoms with Gasteiger partial charge in [-0.1, -0.05) is 6.07 Å². The number of rotatable bonds is 3. The molecule has 1 aromatic rings. The van der Waals surface area contributed by atoms with Crippen molar-refractivity contribution in [2.24, 2.45) is 23.7 Å². The van der Waals surface area contributed by atoms with E-state index in [0.717, 1.165) is 43.6 Å². The molecule has 0 unspecified atom stereocenters. The molecule has 120 valence electrons. The molecule has 4 saturated carbocycles. The lowest BCUT2D eigenvalue weighted by Gasteiger charge is -2.54. The first-order valence-electron chi connectivity index (χ1n) is 8.21. The minimum atomic E-state index is -3.65. The minimum Gasteiger partial charge on any atom is -0.208 e. The molecule has 0 aromatic heterocycles. The molecule has 4 fully saturated rings. The summed E-state index contributed by atoms with van der Waals surface area (Å²) in [4.78, 5) is 0.0845. The molecular formula is C17H22FNO2S. The summed E-state index contributed by atoms with van der Waals surface area (Å²) in [6, 6.07) is 4.01. The molecule has 5 rings (SSSR count). The fourth-order valence-electron chi connectivity index (χ4n) is 5.22. The highest BCUT2D eigenvalue weighted by molar-refractivity contribution is 7.89. The van der Waals surface area contributed by atoms with Gasteiger partial charge in [0.2, 0.25) is 10.0 Å². The van der Waals surface area contributed by atoms with Crippen molar-refractivity contribution in [3.8, 4) is 0 Å². The Hall–Kier alpha value is -0.940. The number of benzene rings is 1. The van der Waals surface area contributed by atoms with Crippen LogP contribution in [0.25, 0.3) is 0 Å². The van der Waals surface area contributed by atoms with Gasteiger partial charge < -0.3 is 0 Å². The summed E-state index contributed by atoms with van der Waals surface area (Å²) in [5.74, 6) is 2.05. The molecule has 1 N–H and O–H groups in total. The SMILES string of the molecule is Cc1ccc(F)cc1S(=O)(=O)NC1C2CC3CC(C2)CC1C3. The van der Waals surface area contributed by atoms with Crippen molar-refractivity contribution in [2.75, 3.05) is 0 Å². The van der Waals surface area contributed by atoms with E-state index in [1.807, 2.05) is 0 Å². The quantitative estimate of drug-likeness (QED) is 0.928. The predicted molar refractivity (Wildman–Crippen MR) is 82.3 cm³/mol. The van der Waals surface area contributed by atoms with Crippen LogP contribution in [-0.2, 0) is 10.0 Å². The summed E-state index contributed by atoms with van der Waals surface area (Å²) in [5.41, 5.74) is 0.595. The van der Waals surface area contributed by atoms with Gasteiger partial charge in [-0.3, -0.25) is 0 Å². The van der Waals surface area contributed by atoms with Crippen LogP contribution in [0.1, 0.15) is 37.7 Å². The molecule has 0 saturated heterocycles. The molecule has 4 aliphatic rings. The summed E-state index contributed by atoms with van der Waals surface area (Å²) >= 11 is 0. The Morgan fingerprint density at radius 3 is 2.23 bits per heavy atom. The first-order chi connectivity index (χ1) is 10.4. The van der Waals surface area contributed by atoms with Crippen LogP contribution in [0.4, 0.5) is 4.39 Å². The third-order valence-corrected chi connectivity index (χ3v) is 7.56. The Bertz CT molecular complexity index is 673. The molecule has 5 heteroatoms. The third kappa shape index (κ3) is 2.38. The maximum absolute atomic E-state index is 13.5. The van der Waals surface area contributed by atoms with Gasteiger partial charge in [0.1, 0.15) is 5.82 Å². The van der Waals surface area contributed by atoms with Crippen LogP contribution in [0.2, 0.25) is 0 Å². The standard InChI is InChI=1S/C17H22FNO2S/c1-10-2-3-15(18)9-16(10)22(20,21)19-17-13-5-11-4-12(7-13)8-14(17)6-11/h2-3,9,11-14,17,19H,4-8H2,1H3. The minimum absolute atomic E-state index is 0.0421. The summed E-state index contributed by atoms with van der Waals surface area (Å²) in [6.45, 7) is 1.71. The molecule has 4 aliphatic carbocycles. The normalized spacial score (nSPS) is 36.7. The molecule has 0 amide bonds. The molecule has 0 spiro atoms. The van der Waals surface area contributed by atoms with Crippen LogP contribution in [0.3, 0.4) is 0 Å². The van der Waals surface area contributed by atoms with E-state index in [-0.39, 0.29) is 10.9 Å². The first-order valence-corrected chi connectivity index (χ1v) is 9.69. The maximum atomic E-state index is 13.5. The molecule has 0 heterocycles. The van der Waals surface area contributed by atoms with Crippen molar-refractivity contribution >= 4 is 10.0 Å². The summed E-state index contributed by atoms with van der Waals surface area (Å²) in [6.07, 6.45) is 5.96. The van der Waals surface area contributed by atoms with Crippen LogP contribution < -0.4 is 4.72 Å². The number of halogens is 1. The van der Waals surface area contributed by atoms with Crippen molar-refractivity contribution in [2.45, 2.75) is 50.0 Å². The zero-order valence-corrected chi connectivity index (χ0v) is 13.6. The van der Waals surface area contributed by atoms with E-state index in [1.165, 1.54) is 18.6 Å². The fourth-order valence-corrected chi connectivity index (χ4v) is 6.85. The van der Waals surface area contributed by atoms with Gasteiger partial charge in [0.05, 0.1) is 4.90 Å². The Balaban J connectivity index is 1.61. The van der Waals surface area contributed by atoms with Gasteiger partial charge >= 0.3 is 0 Å². The fraction of sp³-hybridized carbons (Fsp3) is 0.647. The highest BCUT2D eigenvalue weighted by Gasteiger charge is 2.49. The van der Waals surface area contributed by atoms with Gasteiger partial charge in [-0.25, -0.2) is 17.5 Å². The summed E-state index contributed by atoms with van der Waals surface area (Å²) in [5, 5.41) is 0. The molecule has 22 heavy (non-hydrogen) atoms. The van der Waals surface area contributed by atoms with E-state index in [4.69, 9.17) is 0 Å². The highest BCUT2D eigenvalue weighted by Crippen LogP contribution is 2.53. The van der Waals surface area contributed by atoms with Crippen molar-refractivity contribution in [1.82, 2.24) is 4.72 Å². The molecule has 0 radical (unpaired) electrons. The molecule has 4 bridgehead atoms. The summed E-state index contributed by atoms with van der Waals surface area (Å²) < 4.78 is 41.8. The number of sulfonamides is 1. The number of aryl methyl sites for hydroxylation is 1. The summed E-state index contributed by atoms with van der Waals surface area (Å²) in [7, 11) is -3.65. The number of hydrogen-bond acceptors (Lipinski definition) is 2. The van der Waals surface area contributed by atoms with Crippen molar-refractivity contribution in [1.29, 1.82) is 0 Å². The monoisotopic (exact) mass is 323 g/mol. The van der Waals surface area contributed by atoms with Gasteiger partial charge in [-0.2, -0.15) is 0 Å². The zero-order valence-electron chi connectivity index (χ0n) is 12.8. The predicted octanol–water partition coefficient (Wildman–Crippen LogP) is 3.24. The van der Waals surface area contributed by atoms with Crippen LogP contribution in [0.15, 0.2) is 23.1 Å². The van der Waals surface area contributed by atoms with Crippen molar-refractivity contribution in [3.63, 3.8) is 0 Å². The van der Waals surface area contributed by atoms with Crippen LogP contribution in [-0.4, -0.2) is 14.5 Å². The lowest BCUT2D eigenvalue weighted by molar-refractivity contribution is -0.00558. The topological polar surface area (TPSA) is 46.2 Å². The lowest BCUT2D eigenvalue weighted by atomic mass is 9.54. The Morgan fingerprint density at radius 1 is 1.05 bits per heavy atom. The van der Waals surface area contributed by atoms with Crippen molar-refractivity contribution < 1.29 is 12.8 Å². The maximum Gasteiger partial charge on any atom is 0.241 e. The lowest BCUT2D eigenvalue weighted by Crippen LogP contribution is -2.55. The molecule has 0 atom stereocenters.